The van der Waals surface area contributed by atoms with E-state index in [1.165, 1.54) is 13.2 Å². The van der Waals surface area contributed by atoms with E-state index in [0.717, 1.165) is 4.90 Å². The van der Waals surface area contributed by atoms with E-state index < -0.39 is 17.8 Å². The van der Waals surface area contributed by atoms with E-state index in [-0.39, 0.29) is 16.8 Å². The zero-order valence-corrected chi connectivity index (χ0v) is 16.8. The molecule has 150 valence electrons. The molecule has 0 saturated carbocycles. The maximum Gasteiger partial charge on any atom is 0.338 e. The van der Waals surface area contributed by atoms with Crippen LogP contribution in [0, 0.1) is 0 Å². The molecule has 0 aliphatic carbocycles. The Balaban J connectivity index is 1.85. The Labute approximate surface area is 172 Å². The number of nitrogens with zero attached hydrogens (tertiary/aromatic N) is 1. The van der Waals surface area contributed by atoms with Crippen molar-refractivity contribution in [1.82, 2.24) is 0 Å². The normalized spacial score (nSPS) is 13.9. The molecule has 8 heteroatoms. The Morgan fingerprint density at radius 1 is 1.07 bits per heavy atom. The fourth-order valence-electron chi connectivity index (χ4n) is 2.75. The average molecular weight is 415 g/mol. The number of nitrogens with one attached hydrogen (secondary N) is 1. The van der Waals surface area contributed by atoms with E-state index in [2.05, 4.69) is 5.32 Å². The summed E-state index contributed by atoms with van der Waals surface area (Å²) in [5, 5.41) is 2.60. The molecule has 0 fully saturated rings. The number of methoxy groups -OCH3 is 1. The fraction of sp³-hybridized carbons (Fsp3) is 0.190. The molecule has 0 bridgehead atoms. The predicted octanol–water partition coefficient (Wildman–Crippen LogP) is 3.70. The lowest BCUT2D eigenvalue weighted by molar-refractivity contribution is -0.120. The fourth-order valence-corrected chi connectivity index (χ4v) is 2.96. The minimum atomic E-state index is -0.650. The van der Waals surface area contributed by atoms with Crippen molar-refractivity contribution < 1.29 is 23.9 Å². The van der Waals surface area contributed by atoms with E-state index in [9.17, 15) is 14.4 Å². The first-order chi connectivity index (χ1) is 13.8. The van der Waals surface area contributed by atoms with Crippen molar-refractivity contribution in [2.45, 2.75) is 20.0 Å². The second kappa shape index (κ2) is 8.36. The molecule has 1 N–H and O–H groups in total. The van der Waals surface area contributed by atoms with Gasteiger partial charge in [0.15, 0.2) is 0 Å². The number of benzene rings is 2. The van der Waals surface area contributed by atoms with Crippen molar-refractivity contribution in [3.63, 3.8) is 0 Å². The first kappa shape index (κ1) is 20.4. The van der Waals surface area contributed by atoms with Gasteiger partial charge in [0.1, 0.15) is 16.5 Å². The zero-order valence-electron chi connectivity index (χ0n) is 16.1. The molecule has 0 unspecified atom stereocenters. The van der Waals surface area contributed by atoms with Crippen LogP contribution in [0.4, 0.5) is 11.4 Å². The van der Waals surface area contributed by atoms with Gasteiger partial charge < -0.3 is 14.8 Å². The number of anilines is 2. The van der Waals surface area contributed by atoms with Crippen LogP contribution in [0.2, 0.25) is 0 Å². The molecule has 0 radical (unpaired) electrons. The third kappa shape index (κ3) is 4.25. The molecular formula is C21H19ClN2O5. The van der Waals surface area contributed by atoms with Gasteiger partial charge in [0.05, 0.1) is 24.5 Å². The minimum Gasteiger partial charge on any atom is -0.497 e. The highest BCUT2D eigenvalue weighted by atomic mass is 35.5. The number of hydrogen-bond acceptors (Lipinski definition) is 6. The Bertz CT molecular complexity index is 1020. The molecule has 2 aromatic rings. The first-order valence-electron chi connectivity index (χ1n) is 8.82. The minimum absolute atomic E-state index is 0.0751. The molecular weight excluding hydrogens is 396 g/mol. The molecule has 0 atom stereocenters. The Kier molecular flexibility index (Phi) is 5.89. The number of imide groups is 1. The van der Waals surface area contributed by atoms with Gasteiger partial charge >= 0.3 is 5.97 Å². The maximum absolute atomic E-state index is 12.9. The number of carbonyl (C=O) groups excluding carboxylic acids is 3. The molecule has 29 heavy (non-hydrogen) atoms. The molecule has 7 nitrogen and oxygen atoms in total. The zero-order chi connectivity index (χ0) is 21.1. The van der Waals surface area contributed by atoms with E-state index in [4.69, 9.17) is 21.1 Å². The second-order valence-corrected chi connectivity index (χ2v) is 6.87. The summed E-state index contributed by atoms with van der Waals surface area (Å²) in [6.45, 7) is 3.50. The lowest BCUT2D eigenvalue weighted by Crippen LogP contribution is -2.32. The summed E-state index contributed by atoms with van der Waals surface area (Å²) in [7, 11) is 1.49. The quantitative estimate of drug-likeness (QED) is 0.573. The number of amides is 2. The molecule has 2 amide bonds. The Hall–Kier alpha value is -3.32. The third-order valence-electron chi connectivity index (χ3n) is 4.05. The molecule has 1 heterocycles. The largest absolute Gasteiger partial charge is 0.497 e. The van der Waals surface area contributed by atoms with Gasteiger partial charge in [-0.2, -0.15) is 0 Å². The highest BCUT2D eigenvalue weighted by Gasteiger charge is 2.39. The summed E-state index contributed by atoms with van der Waals surface area (Å²) >= 11 is 6.15. The number of carbonyl (C=O) groups is 3. The van der Waals surface area contributed by atoms with Gasteiger partial charge in [-0.15, -0.1) is 0 Å². The van der Waals surface area contributed by atoms with Crippen LogP contribution in [0.5, 0.6) is 5.75 Å². The third-order valence-corrected chi connectivity index (χ3v) is 4.40. The average Bonchev–Trinajstić information content (AvgIpc) is 2.91. The van der Waals surface area contributed by atoms with Crippen LogP contribution in [0.25, 0.3) is 0 Å². The van der Waals surface area contributed by atoms with Crippen molar-refractivity contribution in [1.29, 1.82) is 0 Å². The number of esters is 1. The van der Waals surface area contributed by atoms with Crippen molar-refractivity contribution in [3.8, 4) is 5.75 Å². The maximum atomic E-state index is 12.9. The van der Waals surface area contributed by atoms with Crippen LogP contribution in [-0.4, -0.2) is 31.0 Å². The van der Waals surface area contributed by atoms with Gasteiger partial charge in [0.2, 0.25) is 0 Å². The summed E-state index contributed by atoms with van der Waals surface area (Å²) in [5.74, 6) is -1.25. The van der Waals surface area contributed by atoms with Gasteiger partial charge in [0.25, 0.3) is 11.8 Å². The van der Waals surface area contributed by atoms with Crippen LogP contribution in [0.3, 0.4) is 0 Å². The van der Waals surface area contributed by atoms with Crippen molar-refractivity contribution in [3.05, 3.63) is 64.8 Å². The lowest BCUT2D eigenvalue weighted by atomic mass is 10.2. The smallest absolute Gasteiger partial charge is 0.338 e. The molecule has 3 rings (SSSR count). The Morgan fingerprint density at radius 3 is 2.48 bits per heavy atom. The number of halogens is 1. The van der Waals surface area contributed by atoms with E-state index >= 15 is 0 Å². The topological polar surface area (TPSA) is 84.9 Å². The molecule has 1 aliphatic heterocycles. The van der Waals surface area contributed by atoms with E-state index in [1.807, 2.05) is 0 Å². The van der Waals surface area contributed by atoms with Gasteiger partial charge in [-0.25, -0.2) is 9.69 Å². The number of hydrogen-bond donors (Lipinski definition) is 1. The van der Waals surface area contributed by atoms with Crippen molar-refractivity contribution in [2.24, 2.45) is 0 Å². The van der Waals surface area contributed by atoms with Crippen LogP contribution >= 0.6 is 11.6 Å². The summed E-state index contributed by atoms with van der Waals surface area (Å²) in [5.41, 5.74) is 0.990. The highest BCUT2D eigenvalue weighted by Crippen LogP contribution is 2.31. The summed E-state index contributed by atoms with van der Waals surface area (Å²) in [6, 6.07) is 12.9. The summed E-state index contributed by atoms with van der Waals surface area (Å²) < 4.78 is 10.3. The standard InChI is InChI=1S/C21H19ClN2O5/c1-12(2)29-21(27)13-6-4-7-14(10-13)23-18-17(22)19(25)24(20(18)26)15-8-5-9-16(11-15)28-3/h4-12,23H,1-3H3. The molecule has 0 aromatic heterocycles. The molecule has 0 saturated heterocycles. The highest BCUT2D eigenvalue weighted by molar-refractivity contribution is 6.53. The van der Waals surface area contributed by atoms with Gasteiger partial charge in [-0.1, -0.05) is 23.7 Å². The molecule has 2 aromatic carbocycles. The monoisotopic (exact) mass is 414 g/mol. The van der Waals surface area contributed by atoms with Crippen LogP contribution in [-0.2, 0) is 14.3 Å². The number of rotatable bonds is 6. The van der Waals surface area contributed by atoms with Crippen LogP contribution in [0.15, 0.2) is 59.3 Å². The lowest BCUT2D eigenvalue weighted by Gasteiger charge is -2.16. The first-order valence-corrected chi connectivity index (χ1v) is 9.20. The van der Waals surface area contributed by atoms with Crippen molar-refractivity contribution in [2.75, 3.05) is 17.3 Å². The van der Waals surface area contributed by atoms with Gasteiger partial charge in [0, 0.05) is 11.8 Å². The van der Waals surface area contributed by atoms with Crippen molar-refractivity contribution >= 4 is 40.8 Å². The van der Waals surface area contributed by atoms with Crippen LogP contribution in [0.1, 0.15) is 24.2 Å². The van der Waals surface area contributed by atoms with E-state index in [1.54, 1.807) is 56.3 Å². The SMILES string of the molecule is COc1cccc(N2C(=O)C(Cl)=C(Nc3cccc(C(=O)OC(C)C)c3)C2=O)c1. The summed E-state index contributed by atoms with van der Waals surface area (Å²) in [4.78, 5) is 38.5. The Morgan fingerprint density at radius 2 is 1.79 bits per heavy atom. The second-order valence-electron chi connectivity index (χ2n) is 6.50. The van der Waals surface area contributed by atoms with E-state index in [0.29, 0.717) is 22.7 Å². The summed E-state index contributed by atoms with van der Waals surface area (Å²) in [6.07, 6.45) is -0.262. The van der Waals surface area contributed by atoms with Gasteiger partial charge in [-0.05, 0) is 44.2 Å². The predicted molar refractivity (Wildman–Crippen MR) is 109 cm³/mol. The molecule has 1 aliphatic rings. The number of ether oxygens (including phenoxy) is 2. The van der Waals surface area contributed by atoms with Gasteiger partial charge in [-0.3, -0.25) is 9.59 Å². The molecule has 0 spiro atoms. The van der Waals surface area contributed by atoms with Crippen LogP contribution < -0.4 is 15.0 Å².